The van der Waals surface area contributed by atoms with E-state index in [1.54, 1.807) is 0 Å². The maximum Gasteiger partial charge on any atom is 0.270 e. The molecule has 0 atom stereocenters. The van der Waals surface area contributed by atoms with Gasteiger partial charge in [-0.2, -0.15) is 0 Å². The van der Waals surface area contributed by atoms with E-state index in [0.29, 0.717) is 19.6 Å². The molecular weight excluding hydrogens is 260 g/mol. The summed E-state index contributed by atoms with van der Waals surface area (Å²) in [5.74, 6) is 0.0569. The molecule has 1 aromatic heterocycles. The van der Waals surface area contributed by atoms with E-state index in [1.165, 1.54) is 5.56 Å². The maximum absolute atomic E-state index is 12.6. The van der Waals surface area contributed by atoms with Crippen LogP contribution in [0.4, 0.5) is 0 Å². The Kier molecular flexibility index (Phi) is 4.99. The summed E-state index contributed by atoms with van der Waals surface area (Å²) in [6.45, 7) is 9.82. The molecule has 110 valence electrons. The van der Waals surface area contributed by atoms with Crippen LogP contribution < -0.4 is 0 Å². The summed E-state index contributed by atoms with van der Waals surface area (Å²) >= 11 is 0. The van der Waals surface area contributed by atoms with E-state index in [0.717, 1.165) is 11.3 Å². The molecule has 0 radical (unpaired) electrons. The normalized spacial score (nSPS) is 10.4. The number of hydrogen-bond donors (Lipinski definition) is 0. The Bertz CT molecular complexity index is 613. The van der Waals surface area contributed by atoms with Crippen molar-refractivity contribution in [3.8, 4) is 0 Å². The SMILES string of the molecule is C=C(C)CN(CC)C(=O)c1cccn1Cc1ccccc1. The molecule has 3 nitrogen and oxygen atoms in total. The third-order valence-electron chi connectivity index (χ3n) is 3.37. The lowest BCUT2D eigenvalue weighted by atomic mass is 10.2. The van der Waals surface area contributed by atoms with Crippen LogP contribution in [0, 0.1) is 0 Å². The molecule has 1 heterocycles. The van der Waals surface area contributed by atoms with E-state index in [-0.39, 0.29) is 5.91 Å². The first-order valence-corrected chi connectivity index (χ1v) is 7.24. The molecular formula is C18H22N2O. The van der Waals surface area contributed by atoms with E-state index < -0.39 is 0 Å². The first kappa shape index (κ1) is 15.1. The zero-order valence-electron chi connectivity index (χ0n) is 12.7. The highest BCUT2D eigenvalue weighted by Crippen LogP contribution is 2.11. The maximum atomic E-state index is 12.6. The van der Waals surface area contributed by atoms with Crippen LogP contribution in [0.15, 0.2) is 60.8 Å². The summed E-state index contributed by atoms with van der Waals surface area (Å²) in [4.78, 5) is 14.5. The Morgan fingerprint density at radius 3 is 2.52 bits per heavy atom. The van der Waals surface area contributed by atoms with Crippen molar-refractivity contribution in [2.24, 2.45) is 0 Å². The molecule has 0 aliphatic rings. The van der Waals surface area contributed by atoms with Gasteiger partial charge in [-0.05, 0) is 31.5 Å². The summed E-state index contributed by atoms with van der Waals surface area (Å²) in [5, 5.41) is 0. The average molecular weight is 282 g/mol. The third kappa shape index (κ3) is 3.85. The van der Waals surface area contributed by atoms with Crippen LogP contribution in [0.1, 0.15) is 29.9 Å². The van der Waals surface area contributed by atoms with Crippen molar-refractivity contribution in [1.82, 2.24) is 9.47 Å². The fourth-order valence-corrected chi connectivity index (χ4v) is 2.34. The van der Waals surface area contributed by atoms with Crippen molar-refractivity contribution in [3.63, 3.8) is 0 Å². The van der Waals surface area contributed by atoms with E-state index in [1.807, 2.05) is 59.8 Å². The van der Waals surface area contributed by atoms with Crippen LogP contribution in [0.25, 0.3) is 0 Å². The van der Waals surface area contributed by atoms with Crippen LogP contribution >= 0.6 is 0 Å². The zero-order chi connectivity index (χ0) is 15.2. The first-order valence-electron chi connectivity index (χ1n) is 7.24. The van der Waals surface area contributed by atoms with Gasteiger partial charge in [-0.15, -0.1) is 0 Å². The molecule has 1 aromatic carbocycles. The summed E-state index contributed by atoms with van der Waals surface area (Å²) in [5.41, 5.74) is 2.90. The number of nitrogens with zero attached hydrogens (tertiary/aromatic N) is 2. The van der Waals surface area contributed by atoms with Crippen LogP contribution in [-0.2, 0) is 6.54 Å². The fourth-order valence-electron chi connectivity index (χ4n) is 2.34. The minimum absolute atomic E-state index is 0.0569. The van der Waals surface area contributed by atoms with E-state index >= 15 is 0 Å². The largest absolute Gasteiger partial charge is 0.339 e. The Labute approximate surface area is 126 Å². The molecule has 0 spiro atoms. The Balaban J connectivity index is 2.19. The van der Waals surface area contributed by atoms with E-state index in [4.69, 9.17) is 0 Å². The highest BCUT2D eigenvalue weighted by Gasteiger charge is 2.17. The number of hydrogen-bond acceptors (Lipinski definition) is 1. The summed E-state index contributed by atoms with van der Waals surface area (Å²) in [6, 6.07) is 14.0. The molecule has 0 saturated carbocycles. The van der Waals surface area contributed by atoms with Gasteiger partial charge in [-0.25, -0.2) is 0 Å². The monoisotopic (exact) mass is 282 g/mol. The predicted molar refractivity (Wildman–Crippen MR) is 86.4 cm³/mol. The number of carbonyl (C=O) groups excluding carboxylic acids is 1. The van der Waals surface area contributed by atoms with Gasteiger partial charge in [0, 0.05) is 25.8 Å². The number of carbonyl (C=O) groups is 1. The van der Waals surface area contributed by atoms with Gasteiger partial charge in [-0.3, -0.25) is 4.79 Å². The lowest BCUT2D eigenvalue weighted by Crippen LogP contribution is -2.33. The topological polar surface area (TPSA) is 25.2 Å². The lowest BCUT2D eigenvalue weighted by molar-refractivity contribution is 0.0768. The number of amides is 1. The second-order valence-corrected chi connectivity index (χ2v) is 5.28. The molecule has 1 amide bonds. The fraction of sp³-hybridized carbons (Fsp3) is 0.278. The van der Waals surface area contributed by atoms with Gasteiger partial charge in [0.15, 0.2) is 0 Å². The van der Waals surface area contributed by atoms with Crippen molar-refractivity contribution in [2.75, 3.05) is 13.1 Å². The molecule has 0 aliphatic heterocycles. The van der Waals surface area contributed by atoms with Crippen LogP contribution in [-0.4, -0.2) is 28.5 Å². The van der Waals surface area contributed by atoms with Gasteiger partial charge in [0.1, 0.15) is 5.69 Å². The van der Waals surface area contributed by atoms with Gasteiger partial charge in [0.05, 0.1) is 0 Å². The minimum Gasteiger partial charge on any atom is -0.339 e. The van der Waals surface area contributed by atoms with E-state index in [9.17, 15) is 4.79 Å². The molecule has 0 fully saturated rings. The first-order chi connectivity index (χ1) is 10.1. The molecule has 0 unspecified atom stereocenters. The summed E-state index contributed by atoms with van der Waals surface area (Å²) in [7, 11) is 0. The molecule has 21 heavy (non-hydrogen) atoms. The van der Waals surface area contributed by atoms with Crippen LogP contribution in [0.2, 0.25) is 0 Å². The van der Waals surface area contributed by atoms with Crippen molar-refractivity contribution in [3.05, 3.63) is 72.1 Å². The number of rotatable bonds is 6. The van der Waals surface area contributed by atoms with Crippen LogP contribution in [0.3, 0.4) is 0 Å². The molecule has 0 saturated heterocycles. The highest BCUT2D eigenvalue weighted by atomic mass is 16.2. The smallest absolute Gasteiger partial charge is 0.270 e. The summed E-state index contributed by atoms with van der Waals surface area (Å²) in [6.07, 6.45) is 1.95. The molecule has 0 N–H and O–H groups in total. The van der Waals surface area contributed by atoms with Gasteiger partial charge in [0.25, 0.3) is 5.91 Å². The van der Waals surface area contributed by atoms with Gasteiger partial charge >= 0.3 is 0 Å². The minimum atomic E-state index is 0.0569. The van der Waals surface area contributed by atoms with Crippen molar-refractivity contribution >= 4 is 5.91 Å². The molecule has 0 aliphatic carbocycles. The Morgan fingerprint density at radius 2 is 1.90 bits per heavy atom. The summed E-state index contributed by atoms with van der Waals surface area (Å²) < 4.78 is 2.00. The number of likely N-dealkylation sites (N-methyl/N-ethyl adjacent to an activating group) is 1. The second kappa shape index (κ2) is 6.93. The number of benzene rings is 1. The van der Waals surface area contributed by atoms with E-state index in [2.05, 4.69) is 18.7 Å². The lowest BCUT2D eigenvalue weighted by Gasteiger charge is -2.22. The zero-order valence-corrected chi connectivity index (χ0v) is 12.7. The Morgan fingerprint density at radius 1 is 1.19 bits per heavy atom. The van der Waals surface area contributed by atoms with Crippen molar-refractivity contribution in [1.29, 1.82) is 0 Å². The van der Waals surface area contributed by atoms with Crippen molar-refractivity contribution < 1.29 is 4.79 Å². The van der Waals surface area contributed by atoms with Gasteiger partial charge < -0.3 is 9.47 Å². The molecule has 2 rings (SSSR count). The average Bonchev–Trinajstić information content (AvgIpc) is 2.93. The van der Waals surface area contributed by atoms with Gasteiger partial charge in [-0.1, -0.05) is 42.5 Å². The molecule has 2 aromatic rings. The highest BCUT2D eigenvalue weighted by molar-refractivity contribution is 5.93. The second-order valence-electron chi connectivity index (χ2n) is 5.28. The standard InChI is InChI=1S/C18H22N2O/c1-4-19(13-15(2)3)18(21)17-11-8-12-20(17)14-16-9-6-5-7-10-16/h5-12H,2,4,13-14H2,1,3H3. The number of aromatic nitrogens is 1. The predicted octanol–water partition coefficient (Wildman–Crippen LogP) is 3.57. The van der Waals surface area contributed by atoms with Gasteiger partial charge in [0.2, 0.25) is 0 Å². The third-order valence-corrected chi connectivity index (χ3v) is 3.37. The quantitative estimate of drug-likeness (QED) is 0.743. The van der Waals surface area contributed by atoms with Crippen LogP contribution in [0.5, 0.6) is 0 Å². The molecule has 3 heteroatoms. The van der Waals surface area contributed by atoms with Crippen molar-refractivity contribution in [2.45, 2.75) is 20.4 Å². The Hall–Kier alpha value is -2.29. The molecule has 0 bridgehead atoms.